The minimum Gasteiger partial charge on any atom is -0.310 e. The van der Waals surface area contributed by atoms with E-state index in [1.54, 1.807) is 0 Å². The van der Waals surface area contributed by atoms with Crippen LogP contribution in [-0.4, -0.2) is 16.3 Å². The molecule has 0 aliphatic carbocycles. The van der Waals surface area contributed by atoms with Gasteiger partial charge in [0.05, 0.1) is 16.4 Å². The van der Waals surface area contributed by atoms with Crippen LogP contribution in [0.15, 0.2) is 24.3 Å². The van der Waals surface area contributed by atoms with Gasteiger partial charge in [0, 0.05) is 23.1 Å². The molecule has 1 atom stereocenters. The van der Waals surface area contributed by atoms with Gasteiger partial charge in [-0.15, -0.1) is 0 Å². The predicted molar refractivity (Wildman–Crippen MR) is 96.9 cm³/mol. The normalized spacial score (nSPS) is 12.6. The van der Waals surface area contributed by atoms with Gasteiger partial charge in [0.1, 0.15) is 0 Å². The lowest BCUT2D eigenvalue weighted by atomic mass is 10.0. The second-order valence-electron chi connectivity index (χ2n) is 5.05. The van der Waals surface area contributed by atoms with Crippen molar-refractivity contribution in [1.82, 2.24) is 15.1 Å². The molecule has 1 N–H and O–H groups in total. The highest BCUT2D eigenvalue weighted by molar-refractivity contribution is 14.1. The molecule has 0 amide bonds. The zero-order valence-corrected chi connectivity index (χ0v) is 15.6. The number of likely N-dealkylation sites (N-methyl/N-ethyl adjacent to an activating group) is 1. The molecule has 0 fully saturated rings. The third kappa shape index (κ3) is 3.99. The molecule has 0 radical (unpaired) electrons. The van der Waals surface area contributed by atoms with Crippen LogP contribution in [0.4, 0.5) is 0 Å². The maximum absolute atomic E-state index is 6.47. The van der Waals surface area contributed by atoms with Gasteiger partial charge >= 0.3 is 0 Å². The number of halogens is 2. The number of nitrogens with zero attached hydrogens (tertiary/aromatic N) is 2. The summed E-state index contributed by atoms with van der Waals surface area (Å²) in [5.41, 5.74) is 3.36. The zero-order chi connectivity index (χ0) is 15.4. The van der Waals surface area contributed by atoms with Crippen LogP contribution >= 0.6 is 34.2 Å². The highest BCUT2D eigenvalue weighted by atomic mass is 127. The van der Waals surface area contributed by atoms with Gasteiger partial charge in [0.15, 0.2) is 0 Å². The van der Waals surface area contributed by atoms with Gasteiger partial charge in [-0.1, -0.05) is 37.6 Å². The summed E-state index contributed by atoms with van der Waals surface area (Å²) in [7, 11) is 1.97. The first-order valence-corrected chi connectivity index (χ1v) is 8.71. The van der Waals surface area contributed by atoms with Crippen LogP contribution in [0.5, 0.6) is 0 Å². The minimum atomic E-state index is 0.254. The van der Waals surface area contributed by atoms with Crippen molar-refractivity contribution in [3.8, 4) is 0 Å². The molecule has 1 aromatic heterocycles. The van der Waals surface area contributed by atoms with Crippen LogP contribution in [0.25, 0.3) is 0 Å². The van der Waals surface area contributed by atoms with Gasteiger partial charge in [-0.05, 0) is 53.3 Å². The number of rotatable bonds is 6. The Hall–Kier alpha value is -0.590. The first kappa shape index (κ1) is 16.8. The molecule has 21 heavy (non-hydrogen) atoms. The summed E-state index contributed by atoms with van der Waals surface area (Å²) in [5.74, 6) is 0. The molecule has 0 aliphatic rings. The van der Waals surface area contributed by atoms with E-state index in [4.69, 9.17) is 11.6 Å². The molecule has 0 bridgehead atoms. The molecule has 3 nitrogen and oxygen atoms in total. The molecule has 1 heterocycles. The lowest BCUT2D eigenvalue weighted by molar-refractivity contribution is 0.528. The van der Waals surface area contributed by atoms with E-state index in [1.165, 1.54) is 9.13 Å². The maximum Gasteiger partial charge on any atom is 0.0850 e. The van der Waals surface area contributed by atoms with Crippen molar-refractivity contribution >= 4 is 34.2 Å². The lowest BCUT2D eigenvalue weighted by Crippen LogP contribution is -2.24. The maximum atomic E-state index is 6.47. The van der Waals surface area contributed by atoms with Crippen LogP contribution in [0, 0.1) is 3.57 Å². The van der Waals surface area contributed by atoms with E-state index in [0.717, 1.165) is 35.8 Å². The van der Waals surface area contributed by atoms with Crippen molar-refractivity contribution in [2.24, 2.45) is 7.05 Å². The third-order valence-corrected chi connectivity index (χ3v) is 4.78. The fraction of sp³-hybridized carbons (Fsp3) is 0.438. The van der Waals surface area contributed by atoms with Gasteiger partial charge < -0.3 is 5.32 Å². The van der Waals surface area contributed by atoms with Crippen molar-refractivity contribution in [3.05, 3.63) is 49.8 Å². The Labute approximate surface area is 145 Å². The first-order chi connectivity index (χ1) is 10.1. The molecular formula is C16H21ClIN3. The monoisotopic (exact) mass is 417 g/mol. The summed E-state index contributed by atoms with van der Waals surface area (Å²) in [6, 6.07) is 8.90. The molecule has 0 spiro atoms. The summed E-state index contributed by atoms with van der Waals surface area (Å²) in [5, 5.41) is 8.87. The summed E-state index contributed by atoms with van der Waals surface area (Å²) in [4.78, 5) is 0. The Kier molecular flexibility index (Phi) is 6.08. The Balaban J connectivity index is 2.28. The van der Waals surface area contributed by atoms with Crippen molar-refractivity contribution < 1.29 is 0 Å². The zero-order valence-electron chi connectivity index (χ0n) is 12.7. The van der Waals surface area contributed by atoms with E-state index in [0.29, 0.717) is 0 Å². The average Bonchev–Trinajstić information content (AvgIpc) is 2.75. The standard InChI is InChI=1S/C16H21ClIN3/c1-4-13-16(17)15(21(3)20-13)10-14(19-5-2)11-6-8-12(18)9-7-11/h6-9,14,19H,4-5,10H2,1-3H3. The summed E-state index contributed by atoms with van der Waals surface area (Å²) in [6.45, 7) is 5.13. The van der Waals surface area contributed by atoms with Gasteiger partial charge in [-0.25, -0.2) is 0 Å². The van der Waals surface area contributed by atoms with Crippen LogP contribution in [-0.2, 0) is 19.9 Å². The molecule has 5 heteroatoms. The Morgan fingerprint density at radius 3 is 2.48 bits per heavy atom. The molecule has 0 aliphatic heterocycles. The number of nitrogens with one attached hydrogen (secondary N) is 1. The van der Waals surface area contributed by atoms with E-state index < -0.39 is 0 Å². The van der Waals surface area contributed by atoms with Crippen LogP contribution in [0.3, 0.4) is 0 Å². The largest absolute Gasteiger partial charge is 0.310 e. The Morgan fingerprint density at radius 2 is 1.95 bits per heavy atom. The summed E-state index contributed by atoms with van der Waals surface area (Å²) in [6.07, 6.45) is 1.71. The number of aryl methyl sites for hydroxylation is 2. The number of aromatic nitrogens is 2. The highest BCUT2D eigenvalue weighted by Gasteiger charge is 2.18. The molecule has 2 rings (SSSR count). The van der Waals surface area contributed by atoms with Gasteiger partial charge in [0.25, 0.3) is 0 Å². The summed E-state index contributed by atoms with van der Waals surface area (Å²) >= 11 is 8.80. The van der Waals surface area contributed by atoms with E-state index in [9.17, 15) is 0 Å². The summed E-state index contributed by atoms with van der Waals surface area (Å²) < 4.78 is 3.16. The van der Waals surface area contributed by atoms with E-state index in [2.05, 4.69) is 71.1 Å². The number of hydrogen-bond acceptors (Lipinski definition) is 2. The fourth-order valence-electron chi connectivity index (χ4n) is 2.48. The highest BCUT2D eigenvalue weighted by Crippen LogP contribution is 2.26. The molecule has 1 aromatic carbocycles. The van der Waals surface area contributed by atoms with Crippen molar-refractivity contribution in [2.45, 2.75) is 32.7 Å². The van der Waals surface area contributed by atoms with E-state index in [-0.39, 0.29) is 6.04 Å². The number of benzene rings is 1. The quantitative estimate of drug-likeness (QED) is 0.716. The lowest BCUT2D eigenvalue weighted by Gasteiger charge is -2.19. The van der Waals surface area contributed by atoms with E-state index in [1.807, 2.05) is 11.7 Å². The smallest absolute Gasteiger partial charge is 0.0850 e. The average molecular weight is 418 g/mol. The first-order valence-electron chi connectivity index (χ1n) is 7.25. The second kappa shape index (κ2) is 7.61. The molecule has 2 aromatic rings. The van der Waals surface area contributed by atoms with E-state index >= 15 is 0 Å². The molecule has 114 valence electrons. The van der Waals surface area contributed by atoms with Crippen LogP contribution in [0.2, 0.25) is 5.02 Å². The van der Waals surface area contributed by atoms with Gasteiger partial charge in [0.2, 0.25) is 0 Å². The Morgan fingerprint density at radius 1 is 1.29 bits per heavy atom. The van der Waals surface area contributed by atoms with Gasteiger partial charge in [-0.3, -0.25) is 4.68 Å². The third-order valence-electron chi connectivity index (χ3n) is 3.62. The number of hydrogen-bond donors (Lipinski definition) is 1. The second-order valence-corrected chi connectivity index (χ2v) is 6.67. The molecular weight excluding hydrogens is 397 g/mol. The van der Waals surface area contributed by atoms with Crippen molar-refractivity contribution in [1.29, 1.82) is 0 Å². The van der Waals surface area contributed by atoms with Crippen LogP contribution < -0.4 is 5.32 Å². The van der Waals surface area contributed by atoms with Gasteiger partial charge in [-0.2, -0.15) is 5.10 Å². The van der Waals surface area contributed by atoms with Crippen LogP contribution in [0.1, 0.15) is 36.8 Å². The topological polar surface area (TPSA) is 29.9 Å². The van der Waals surface area contributed by atoms with Crippen molar-refractivity contribution in [2.75, 3.05) is 6.54 Å². The molecule has 1 unspecified atom stereocenters. The van der Waals surface area contributed by atoms with Crippen molar-refractivity contribution in [3.63, 3.8) is 0 Å². The minimum absolute atomic E-state index is 0.254. The Bertz CT molecular complexity index is 592. The SMILES string of the molecule is CCNC(Cc1c(Cl)c(CC)nn1C)c1ccc(I)cc1. The molecule has 0 saturated heterocycles. The predicted octanol–water partition coefficient (Wildman–Crippen LogP) is 4.13. The fourth-order valence-corrected chi connectivity index (χ4v) is 3.21. The molecule has 0 saturated carbocycles.